The Morgan fingerprint density at radius 3 is 2.25 bits per heavy atom. The molecule has 2 rings (SSSR count). The second-order valence-corrected chi connectivity index (χ2v) is 8.47. The van der Waals surface area contributed by atoms with Crippen molar-refractivity contribution in [3.05, 3.63) is 53.1 Å². The van der Waals surface area contributed by atoms with Gasteiger partial charge in [-0.1, -0.05) is 11.6 Å². The van der Waals surface area contributed by atoms with Crippen molar-refractivity contribution < 1.29 is 37.6 Å². The van der Waals surface area contributed by atoms with E-state index in [0.717, 1.165) is 16.4 Å². The van der Waals surface area contributed by atoms with Crippen LogP contribution in [0.4, 0.5) is 8.78 Å². The lowest BCUT2D eigenvalue weighted by atomic mass is 10.3. The van der Waals surface area contributed by atoms with Gasteiger partial charge in [0.1, 0.15) is 16.7 Å². The van der Waals surface area contributed by atoms with E-state index in [0.29, 0.717) is 5.02 Å². The Morgan fingerprint density at radius 2 is 1.72 bits per heavy atom. The number of nitrogens with zero attached hydrogens (tertiary/aromatic N) is 2. The first-order valence-corrected chi connectivity index (χ1v) is 10.5. The maximum absolute atomic E-state index is 14.5. The molecule has 1 unspecified atom stereocenters. The van der Waals surface area contributed by atoms with Crippen LogP contribution in [-0.2, 0) is 20.6 Å². The van der Waals surface area contributed by atoms with Gasteiger partial charge < -0.3 is 9.84 Å². The van der Waals surface area contributed by atoms with Crippen LogP contribution in [0.2, 0.25) is 5.02 Å². The topological polar surface area (TPSA) is 119 Å². The van der Waals surface area contributed by atoms with E-state index < -0.39 is 46.8 Å². The number of carboxylic acids is 1. The average Bonchev–Trinajstić information content (AvgIpc) is 2.73. The Balaban J connectivity index is 2.22. The lowest BCUT2D eigenvalue weighted by molar-refractivity contribution is -0.138. The molecule has 0 aliphatic heterocycles. The third-order valence-corrected chi connectivity index (χ3v) is 5.69. The zero-order chi connectivity index (χ0) is 23.8. The van der Waals surface area contributed by atoms with Crippen molar-refractivity contribution in [3.63, 3.8) is 0 Å². The van der Waals surface area contributed by atoms with E-state index in [-0.39, 0.29) is 30.3 Å². The molecule has 32 heavy (non-hydrogen) atoms. The van der Waals surface area contributed by atoms with Crippen molar-refractivity contribution in [2.45, 2.75) is 4.90 Å². The van der Waals surface area contributed by atoms with Crippen LogP contribution in [0.15, 0.2) is 41.3 Å². The van der Waals surface area contributed by atoms with Crippen molar-refractivity contribution in [1.29, 1.82) is 0 Å². The number of hydrogen-bond donors (Lipinski definition) is 3. The molecule has 0 heterocycles. The molecule has 0 aromatic heterocycles. The van der Waals surface area contributed by atoms with E-state index in [1.54, 1.807) is 0 Å². The first-order chi connectivity index (χ1) is 15.1. The number of halogens is 3. The smallest absolute Gasteiger partial charge is 0.317 e. The van der Waals surface area contributed by atoms with Crippen molar-refractivity contribution >= 4 is 34.5 Å². The molecule has 2 aromatic rings. The Bertz CT molecular complexity index is 973. The Kier molecular flexibility index (Phi) is 9.47. The summed E-state index contributed by atoms with van der Waals surface area (Å²) in [4.78, 5) is 23.4. The van der Waals surface area contributed by atoms with Crippen LogP contribution in [0.25, 0.3) is 0 Å². The zero-order valence-electron chi connectivity index (χ0n) is 16.8. The van der Waals surface area contributed by atoms with Crippen LogP contribution in [0.3, 0.4) is 0 Å². The number of rotatable bonds is 11. The number of carbonyl (C=O) groups excluding carboxylic acids is 1. The lowest BCUT2D eigenvalue weighted by Crippen LogP contribution is -2.41. The summed E-state index contributed by atoms with van der Waals surface area (Å²) in [7, 11) is -0.727. The second kappa shape index (κ2) is 11.8. The zero-order valence-corrected chi connectivity index (χ0v) is 18.3. The minimum Gasteiger partial charge on any atom is -0.480 e. The van der Waals surface area contributed by atoms with E-state index in [9.17, 15) is 22.6 Å². The molecule has 0 spiro atoms. The standard InChI is InChI=1S/C19H20ClF2N3O6S/c1-24(11-18(27)28)6-7-25(10-17(26)23-29)32(30)14-8-15(21)19(16(22)9-14)31-13-4-2-12(20)3-5-13/h2-5,8-9,29H,6-7,10-11H2,1H3,(H,23,26)(H,27,28). The van der Waals surface area contributed by atoms with Crippen molar-refractivity contribution in [1.82, 2.24) is 14.7 Å². The van der Waals surface area contributed by atoms with Crippen LogP contribution in [-0.4, -0.2) is 68.8 Å². The molecule has 3 N–H and O–H groups in total. The Morgan fingerprint density at radius 1 is 1.12 bits per heavy atom. The number of likely N-dealkylation sites (N-methyl/N-ethyl adjacent to an activating group) is 1. The normalized spacial score (nSPS) is 12.1. The van der Waals surface area contributed by atoms with Crippen LogP contribution in [0, 0.1) is 11.6 Å². The van der Waals surface area contributed by atoms with E-state index >= 15 is 0 Å². The van der Waals surface area contributed by atoms with Gasteiger partial charge in [0.25, 0.3) is 5.91 Å². The number of aliphatic carboxylic acids is 1. The second-order valence-electron chi connectivity index (χ2n) is 6.55. The molecule has 0 aliphatic rings. The maximum Gasteiger partial charge on any atom is 0.317 e. The molecule has 0 fully saturated rings. The SMILES string of the molecule is CN(CCN(CC(=O)NO)S(=O)c1cc(F)c(Oc2ccc(Cl)cc2)c(F)c1)CC(=O)O. The largest absolute Gasteiger partial charge is 0.480 e. The minimum absolute atomic E-state index is 0.0689. The van der Waals surface area contributed by atoms with Gasteiger partial charge in [0.2, 0.25) is 0 Å². The Labute approximate surface area is 189 Å². The first kappa shape index (κ1) is 25.6. The van der Waals surface area contributed by atoms with Gasteiger partial charge in [-0.3, -0.25) is 19.7 Å². The minimum atomic E-state index is -2.22. The lowest BCUT2D eigenvalue weighted by Gasteiger charge is -2.23. The number of ether oxygens (including phenoxy) is 1. The molecule has 0 aliphatic carbocycles. The fourth-order valence-electron chi connectivity index (χ4n) is 2.51. The molecule has 0 saturated heterocycles. The predicted molar refractivity (Wildman–Crippen MR) is 111 cm³/mol. The summed E-state index contributed by atoms with van der Waals surface area (Å²) >= 11 is 5.76. The highest BCUT2D eigenvalue weighted by atomic mass is 35.5. The monoisotopic (exact) mass is 491 g/mol. The summed E-state index contributed by atoms with van der Waals surface area (Å²) < 4.78 is 48.2. The van der Waals surface area contributed by atoms with E-state index in [1.807, 2.05) is 0 Å². The summed E-state index contributed by atoms with van der Waals surface area (Å²) in [6.45, 7) is -0.918. The maximum atomic E-state index is 14.5. The number of benzene rings is 2. The number of amides is 1. The number of hydroxylamine groups is 1. The van der Waals surface area contributed by atoms with Crippen LogP contribution in [0.1, 0.15) is 0 Å². The Hall–Kier alpha value is -2.64. The molecule has 0 radical (unpaired) electrons. The highest BCUT2D eigenvalue weighted by Crippen LogP contribution is 2.30. The number of carboxylic acid groups (broad SMARTS) is 1. The number of hydrogen-bond acceptors (Lipinski definition) is 6. The fourth-order valence-corrected chi connectivity index (χ4v) is 3.83. The first-order valence-electron chi connectivity index (χ1n) is 9.03. The molecule has 13 heteroatoms. The van der Waals surface area contributed by atoms with E-state index in [4.69, 9.17) is 26.7 Å². The van der Waals surface area contributed by atoms with Crippen molar-refractivity contribution in [2.24, 2.45) is 0 Å². The van der Waals surface area contributed by atoms with Gasteiger partial charge in [0.15, 0.2) is 17.4 Å². The summed E-state index contributed by atoms with van der Waals surface area (Å²) in [5.41, 5.74) is 1.38. The van der Waals surface area contributed by atoms with E-state index in [2.05, 4.69) is 0 Å². The molecule has 1 atom stereocenters. The van der Waals surface area contributed by atoms with Gasteiger partial charge in [0.05, 0.1) is 18.0 Å². The van der Waals surface area contributed by atoms with Crippen LogP contribution in [0.5, 0.6) is 11.5 Å². The number of nitrogens with one attached hydrogen (secondary N) is 1. The van der Waals surface area contributed by atoms with Gasteiger partial charge in [0, 0.05) is 18.1 Å². The summed E-state index contributed by atoms with van der Waals surface area (Å²) in [6.07, 6.45) is 0. The fraction of sp³-hybridized carbons (Fsp3) is 0.263. The molecule has 174 valence electrons. The van der Waals surface area contributed by atoms with Crippen LogP contribution >= 0.6 is 11.6 Å². The average molecular weight is 492 g/mol. The summed E-state index contributed by atoms with van der Waals surface area (Å²) in [6, 6.07) is 7.37. The molecule has 0 bridgehead atoms. The molecule has 1 amide bonds. The molecule has 0 saturated carbocycles. The highest BCUT2D eigenvalue weighted by Gasteiger charge is 2.23. The predicted octanol–water partition coefficient (Wildman–Crippen LogP) is 2.26. The van der Waals surface area contributed by atoms with Gasteiger partial charge in [-0.05, 0) is 43.4 Å². The quantitative estimate of drug-likeness (QED) is 0.326. The molecular weight excluding hydrogens is 472 g/mol. The van der Waals surface area contributed by atoms with E-state index in [1.165, 1.54) is 41.7 Å². The molecular formula is C19H20ClF2N3O6S. The van der Waals surface area contributed by atoms with Gasteiger partial charge in [-0.2, -0.15) is 0 Å². The van der Waals surface area contributed by atoms with Gasteiger partial charge >= 0.3 is 5.97 Å². The molecule has 9 nitrogen and oxygen atoms in total. The van der Waals surface area contributed by atoms with Gasteiger partial charge in [-0.25, -0.2) is 22.8 Å². The summed E-state index contributed by atoms with van der Waals surface area (Å²) in [5.74, 6) is -4.84. The third-order valence-electron chi connectivity index (χ3n) is 4.02. The highest BCUT2D eigenvalue weighted by molar-refractivity contribution is 7.82. The third kappa shape index (κ3) is 7.50. The van der Waals surface area contributed by atoms with Gasteiger partial charge in [-0.15, -0.1) is 0 Å². The molecule has 2 aromatic carbocycles. The van der Waals surface area contributed by atoms with Crippen LogP contribution < -0.4 is 10.2 Å². The number of carbonyl (C=O) groups is 2. The van der Waals surface area contributed by atoms with Crippen molar-refractivity contribution in [2.75, 3.05) is 33.2 Å². The van der Waals surface area contributed by atoms with Crippen molar-refractivity contribution in [3.8, 4) is 11.5 Å². The summed E-state index contributed by atoms with van der Waals surface area (Å²) in [5, 5.41) is 18.0.